The van der Waals surface area contributed by atoms with E-state index in [0.717, 1.165) is 24.8 Å². The maximum absolute atomic E-state index is 12.3. The molecule has 22 heavy (non-hydrogen) atoms. The highest BCUT2D eigenvalue weighted by Crippen LogP contribution is 2.35. The SMILES string of the molecule is O=C(c1ccc2c(c1)Cc1c([nH]c(=O)[nH]c1=O)O2)C1CCC1. The maximum atomic E-state index is 12.3. The molecule has 6 nitrogen and oxygen atoms in total. The lowest BCUT2D eigenvalue weighted by atomic mass is 9.79. The summed E-state index contributed by atoms with van der Waals surface area (Å²) in [6.45, 7) is 0. The van der Waals surface area contributed by atoms with Gasteiger partial charge in [-0.05, 0) is 31.0 Å². The van der Waals surface area contributed by atoms with E-state index in [-0.39, 0.29) is 17.6 Å². The Bertz CT molecular complexity index is 890. The second-order valence-electron chi connectivity index (χ2n) is 5.81. The van der Waals surface area contributed by atoms with Gasteiger partial charge in [-0.2, -0.15) is 0 Å². The monoisotopic (exact) mass is 298 g/mol. The fourth-order valence-corrected chi connectivity index (χ4v) is 2.92. The summed E-state index contributed by atoms with van der Waals surface area (Å²) in [6, 6.07) is 5.27. The third-order valence-electron chi connectivity index (χ3n) is 4.40. The van der Waals surface area contributed by atoms with Crippen LogP contribution in [0.2, 0.25) is 0 Å². The lowest BCUT2D eigenvalue weighted by Crippen LogP contribution is -2.28. The number of ether oxygens (including phenoxy) is 1. The number of aromatic nitrogens is 2. The molecule has 0 atom stereocenters. The first-order chi connectivity index (χ1) is 10.6. The molecular formula is C16H14N2O4. The number of nitrogens with one attached hydrogen (secondary N) is 2. The van der Waals surface area contributed by atoms with Gasteiger partial charge in [0.1, 0.15) is 5.75 Å². The number of ketones is 1. The van der Waals surface area contributed by atoms with Crippen LogP contribution in [0.1, 0.15) is 40.7 Å². The van der Waals surface area contributed by atoms with Crippen molar-refractivity contribution in [2.45, 2.75) is 25.7 Å². The highest BCUT2D eigenvalue weighted by Gasteiger charge is 2.28. The highest BCUT2D eigenvalue weighted by atomic mass is 16.5. The lowest BCUT2D eigenvalue weighted by molar-refractivity contribution is 0.0855. The molecule has 2 N–H and O–H groups in total. The minimum Gasteiger partial charge on any atom is -0.440 e. The fraction of sp³-hybridized carbons (Fsp3) is 0.312. The number of hydrogen-bond donors (Lipinski definition) is 2. The molecular weight excluding hydrogens is 284 g/mol. The minimum absolute atomic E-state index is 0.134. The Kier molecular flexibility index (Phi) is 2.79. The van der Waals surface area contributed by atoms with Gasteiger partial charge in [0.25, 0.3) is 5.56 Å². The van der Waals surface area contributed by atoms with E-state index < -0.39 is 11.2 Å². The van der Waals surface area contributed by atoms with E-state index in [4.69, 9.17) is 4.74 Å². The van der Waals surface area contributed by atoms with Gasteiger partial charge >= 0.3 is 5.69 Å². The molecule has 0 radical (unpaired) electrons. The quantitative estimate of drug-likeness (QED) is 0.705. The number of rotatable bonds is 2. The summed E-state index contributed by atoms with van der Waals surface area (Å²) in [5, 5.41) is 0. The van der Waals surface area contributed by atoms with Gasteiger partial charge < -0.3 is 4.74 Å². The molecule has 1 aromatic carbocycles. The second kappa shape index (κ2) is 4.69. The molecule has 0 amide bonds. The molecule has 2 aromatic rings. The van der Waals surface area contributed by atoms with E-state index in [2.05, 4.69) is 9.97 Å². The number of fused-ring (bicyclic) bond motifs is 2. The summed E-state index contributed by atoms with van der Waals surface area (Å²) in [7, 11) is 0. The van der Waals surface area contributed by atoms with Crippen molar-refractivity contribution in [2.75, 3.05) is 0 Å². The first-order valence-electron chi connectivity index (χ1n) is 7.32. The van der Waals surface area contributed by atoms with Gasteiger partial charge in [-0.15, -0.1) is 0 Å². The number of Topliss-reactive ketones (excluding diaryl/α,β-unsaturated/α-hetero) is 1. The first-order valence-corrected chi connectivity index (χ1v) is 7.32. The molecule has 2 heterocycles. The van der Waals surface area contributed by atoms with E-state index in [0.29, 0.717) is 23.3 Å². The predicted molar refractivity (Wildman–Crippen MR) is 78.7 cm³/mol. The number of benzene rings is 1. The van der Waals surface area contributed by atoms with Crippen LogP contribution in [0.4, 0.5) is 0 Å². The number of aromatic amines is 2. The molecule has 0 spiro atoms. The Balaban J connectivity index is 1.73. The molecule has 0 unspecified atom stereocenters. The molecule has 112 valence electrons. The summed E-state index contributed by atoms with van der Waals surface area (Å²) in [5.74, 6) is 1.04. The van der Waals surface area contributed by atoms with Crippen LogP contribution in [0.3, 0.4) is 0 Å². The minimum atomic E-state index is -0.594. The topological polar surface area (TPSA) is 92.0 Å². The van der Waals surface area contributed by atoms with Crippen molar-refractivity contribution in [1.29, 1.82) is 0 Å². The predicted octanol–water partition coefficient (Wildman–Crippen LogP) is 1.74. The maximum Gasteiger partial charge on any atom is 0.328 e. The molecule has 6 heteroatoms. The van der Waals surface area contributed by atoms with Gasteiger partial charge in [0, 0.05) is 23.5 Å². The van der Waals surface area contributed by atoms with Crippen LogP contribution in [0, 0.1) is 5.92 Å². The number of H-pyrrole nitrogens is 2. The number of carbonyl (C=O) groups is 1. The molecule has 0 bridgehead atoms. The molecule has 1 aromatic heterocycles. The Morgan fingerprint density at radius 3 is 2.73 bits per heavy atom. The van der Waals surface area contributed by atoms with Crippen molar-refractivity contribution in [3.8, 4) is 11.6 Å². The smallest absolute Gasteiger partial charge is 0.328 e. The Hall–Kier alpha value is -2.63. The molecule has 1 aliphatic heterocycles. The average Bonchev–Trinajstić information content (AvgIpc) is 2.43. The second-order valence-corrected chi connectivity index (χ2v) is 5.81. The Morgan fingerprint density at radius 2 is 2.00 bits per heavy atom. The standard InChI is InChI=1S/C16H14N2O4/c19-13(8-2-1-3-8)9-4-5-12-10(6-9)7-11-14(20)17-16(21)18-15(11)22-12/h4-6,8H,1-3,7H2,(H2,17,18,20,21). The van der Waals surface area contributed by atoms with E-state index in [1.165, 1.54) is 0 Å². The summed E-state index contributed by atoms with van der Waals surface area (Å²) in [5.41, 5.74) is 0.774. The van der Waals surface area contributed by atoms with Crippen molar-refractivity contribution >= 4 is 5.78 Å². The zero-order chi connectivity index (χ0) is 15.3. The zero-order valence-corrected chi connectivity index (χ0v) is 11.8. The van der Waals surface area contributed by atoms with Crippen molar-refractivity contribution < 1.29 is 9.53 Å². The van der Waals surface area contributed by atoms with Gasteiger partial charge in [-0.3, -0.25) is 19.6 Å². The van der Waals surface area contributed by atoms with Crippen LogP contribution in [0.5, 0.6) is 11.6 Å². The van der Waals surface area contributed by atoms with Gasteiger partial charge in [-0.25, -0.2) is 4.79 Å². The summed E-state index contributed by atoms with van der Waals surface area (Å²) < 4.78 is 5.59. The van der Waals surface area contributed by atoms with Crippen LogP contribution >= 0.6 is 0 Å². The molecule has 1 aliphatic carbocycles. The molecule has 4 rings (SSSR count). The van der Waals surface area contributed by atoms with Crippen LogP contribution < -0.4 is 16.0 Å². The molecule has 1 saturated carbocycles. The van der Waals surface area contributed by atoms with Crippen molar-refractivity contribution in [2.24, 2.45) is 5.92 Å². The largest absolute Gasteiger partial charge is 0.440 e. The number of carbonyl (C=O) groups excluding carboxylic acids is 1. The van der Waals surface area contributed by atoms with Gasteiger partial charge in [0.05, 0.1) is 5.56 Å². The van der Waals surface area contributed by atoms with Crippen LogP contribution in [-0.2, 0) is 6.42 Å². The van der Waals surface area contributed by atoms with Crippen LogP contribution in [-0.4, -0.2) is 15.8 Å². The normalized spacial score (nSPS) is 16.2. The van der Waals surface area contributed by atoms with Crippen LogP contribution in [0.15, 0.2) is 27.8 Å². The summed E-state index contributed by atoms with van der Waals surface area (Å²) >= 11 is 0. The first kappa shape index (κ1) is 13.1. The molecule has 1 fully saturated rings. The van der Waals surface area contributed by atoms with Gasteiger partial charge in [0.15, 0.2) is 5.78 Å². The summed E-state index contributed by atoms with van der Waals surface area (Å²) in [4.78, 5) is 40.1. The van der Waals surface area contributed by atoms with Gasteiger partial charge in [0.2, 0.25) is 5.88 Å². The summed E-state index contributed by atoms with van der Waals surface area (Å²) in [6.07, 6.45) is 3.36. The van der Waals surface area contributed by atoms with Gasteiger partial charge in [-0.1, -0.05) is 6.42 Å². The molecule has 0 saturated heterocycles. The van der Waals surface area contributed by atoms with Crippen molar-refractivity contribution in [3.63, 3.8) is 0 Å². The molecule has 2 aliphatic rings. The van der Waals surface area contributed by atoms with Crippen molar-refractivity contribution in [1.82, 2.24) is 9.97 Å². The van der Waals surface area contributed by atoms with E-state index in [1.807, 2.05) is 0 Å². The lowest BCUT2D eigenvalue weighted by Gasteiger charge is -2.25. The Morgan fingerprint density at radius 1 is 1.18 bits per heavy atom. The number of hydrogen-bond acceptors (Lipinski definition) is 4. The highest BCUT2D eigenvalue weighted by molar-refractivity contribution is 5.98. The third kappa shape index (κ3) is 1.99. The fourth-order valence-electron chi connectivity index (χ4n) is 2.92. The van der Waals surface area contributed by atoms with E-state index in [1.54, 1.807) is 18.2 Å². The third-order valence-corrected chi connectivity index (χ3v) is 4.40. The van der Waals surface area contributed by atoms with E-state index in [9.17, 15) is 14.4 Å². The van der Waals surface area contributed by atoms with E-state index >= 15 is 0 Å². The van der Waals surface area contributed by atoms with Crippen LogP contribution in [0.25, 0.3) is 0 Å². The Labute approximate surface area is 125 Å². The zero-order valence-electron chi connectivity index (χ0n) is 11.8. The average molecular weight is 298 g/mol. The van der Waals surface area contributed by atoms with Crippen molar-refractivity contribution in [3.05, 3.63) is 55.7 Å².